The molecule has 0 spiro atoms. The third-order valence-electron chi connectivity index (χ3n) is 2.47. The molecule has 0 saturated carbocycles. The van der Waals surface area contributed by atoms with Crippen LogP contribution in [-0.2, 0) is 0 Å². The van der Waals surface area contributed by atoms with E-state index in [1.165, 1.54) is 0 Å². The molecule has 0 aromatic heterocycles. The van der Waals surface area contributed by atoms with Gasteiger partial charge in [0.25, 0.3) is 0 Å². The molecule has 1 aromatic rings. The van der Waals surface area contributed by atoms with E-state index in [0.29, 0.717) is 22.5 Å². The van der Waals surface area contributed by atoms with Gasteiger partial charge < -0.3 is 5.32 Å². The van der Waals surface area contributed by atoms with Crippen LogP contribution in [-0.4, -0.2) is 25.3 Å². The molecular weight excluding hydrogens is 293 g/mol. The molecule has 2 rings (SSSR count). The quantitative estimate of drug-likeness (QED) is 0.850. The molecule has 0 bridgehead atoms. The average molecular weight is 305 g/mol. The highest BCUT2D eigenvalue weighted by atomic mass is 35.5. The van der Waals surface area contributed by atoms with E-state index in [-0.39, 0.29) is 5.38 Å². The van der Waals surface area contributed by atoms with Crippen LogP contribution < -0.4 is 5.32 Å². The highest BCUT2D eigenvalue weighted by molar-refractivity contribution is 6.35. The Bertz CT molecular complexity index is 485. The highest BCUT2D eigenvalue weighted by Gasteiger charge is 2.13. The number of rotatable bonds is 3. The molecule has 0 radical (unpaired) electrons. The van der Waals surface area contributed by atoms with Crippen molar-refractivity contribution in [1.29, 1.82) is 0 Å². The van der Waals surface area contributed by atoms with Gasteiger partial charge >= 0.3 is 0 Å². The first kappa shape index (κ1) is 13.7. The number of hydrogen-bond acceptors (Lipinski definition) is 3. The topological polar surface area (TPSA) is 36.8 Å². The average Bonchev–Trinajstić information content (AvgIpc) is 2.37. The van der Waals surface area contributed by atoms with Gasteiger partial charge in [0, 0.05) is 35.8 Å². The molecule has 18 heavy (non-hydrogen) atoms. The molecule has 0 fully saturated rings. The van der Waals surface area contributed by atoms with Gasteiger partial charge in [-0.1, -0.05) is 29.3 Å². The zero-order valence-corrected chi connectivity index (χ0v) is 11.8. The number of halogens is 3. The molecule has 1 unspecified atom stereocenters. The van der Waals surface area contributed by atoms with Gasteiger partial charge in [-0.15, -0.1) is 11.6 Å². The minimum Gasteiger partial charge on any atom is -0.353 e. The van der Waals surface area contributed by atoms with Gasteiger partial charge in [-0.3, -0.25) is 4.99 Å². The summed E-state index contributed by atoms with van der Waals surface area (Å²) in [6, 6.07) is 5.29. The largest absolute Gasteiger partial charge is 0.353 e. The molecule has 1 aliphatic heterocycles. The van der Waals surface area contributed by atoms with E-state index in [1.54, 1.807) is 12.1 Å². The Morgan fingerprint density at radius 3 is 2.83 bits per heavy atom. The first-order valence-electron chi connectivity index (χ1n) is 5.56. The van der Waals surface area contributed by atoms with Crippen molar-refractivity contribution in [1.82, 2.24) is 5.32 Å². The van der Waals surface area contributed by atoms with E-state index in [0.717, 1.165) is 18.5 Å². The summed E-state index contributed by atoms with van der Waals surface area (Å²) in [4.78, 5) is 8.36. The monoisotopic (exact) mass is 303 g/mol. The fraction of sp³-hybridized carbons (Fsp3) is 0.333. The standard InChI is InChI=1S/C12H12Cl3N3/c13-8-2-3-9(10(14)6-8)11(15)7-18-12-16-4-1-5-17-12/h2-4,6,11H,1,5,7H2,(H,17,18). The van der Waals surface area contributed by atoms with E-state index < -0.39 is 0 Å². The molecule has 1 N–H and O–H groups in total. The summed E-state index contributed by atoms with van der Waals surface area (Å²) >= 11 is 18.2. The van der Waals surface area contributed by atoms with Gasteiger partial charge in [-0.25, -0.2) is 4.99 Å². The highest BCUT2D eigenvalue weighted by Crippen LogP contribution is 2.29. The molecule has 6 heteroatoms. The molecular formula is C12H12Cl3N3. The van der Waals surface area contributed by atoms with E-state index in [2.05, 4.69) is 15.3 Å². The molecule has 1 heterocycles. The van der Waals surface area contributed by atoms with Gasteiger partial charge in [0.15, 0.2) is 0 Å². The summed E-state index contributed by atoms with van der Waals surface area (Å²) in [7, 11) is 0. The van der Waals surface area contributed by atoms with Crippen molar-refractivity contribution >= 4 is 47.0 Å². The summed E-state index contributed by atoms with van der Waals surface area (Å²) in [5.74, 6) is 0.622. The fourth-order valence-electron chi connectivity index (χ4n) is 1.57. The maximum Gasteiger partial charge on any atom is 0.217 e. The first-order valence-corrected chi connectivity index (χ1v) is 6.76. The Morgan fingerprint density at radius 1 is 1.33 bits per heavy atom. The molecule has 96 valence electrons. The summed E-state index contributed by atoms with van der Waals surface area (Å²) in [5.41, 5.74) is 0.843. The fourth-order valence-corrected chi connectivity index (χ4v) is 2.43. The minimum atomic E-state index is -0.255. The molecule has 0 aliphatic carbocycles. The molecule has 1 atom stereocenters. The summed E-state index contributed by atoms with van der Waals surface area (Å²) in [6.45, 7) is 1.28. The van der Waals surface area contributed by atoms with Crippen LogP contribution in [0.1, 0.15) is 17.4 Å². The predicted octanol–water partition coefficient (Wildman–Crippen LogP) is 3.69. The second-order valence-electron chi connectivity index (χ2n) is 3.82. The van der Waals surface area contributed by atoms with Crippen molar-refractivity contribution in [2.24, 2.45) is 9.98 Å². The van der Waals surface area contributed by atoms with E-state index >= 15 is 0 Å². The molecule has 1 aliphatic rings. The maximum absolute atomic E-state index is 6.29. The Hall–Kier alpha value is -0.770. The lowest BCUT2D eigenvalue weighted by atomic mass is 10.1. The van der Waals surface area contributed by atoms with Crippen LogP contribution >= 0.6 is 34.8 Å². The molecule has 0 saturated heterocycles. The van der Waals surface area contributed by atoms with Crippen molar-refractivity contribution in [2.75, 3.05) is 13.1 Å². The first-order chi connectivity index (χ1) is 8.66. The number of guanidine groups is 1. The smallest absolute Gasteiger partial charge is 0.217 e. The van der Waals surface area contributed by atoms with Crippen LogP contribution in [0.25, 0.3) is 0 Å². The van der Waals surface area contributed by atoms with Crippen molar-refractivity contribution in [3.8, 4) is 0 Å². The molecule has 1 aromatic carbocycles. The predicted molar refractivity (Wildman–Crippen MR) is 78.5 cm³/mol. The molecule has 3 nitrogen and oxygen atoms in total. The number of alkyl halides is 1. The van der Waals surface area contributed by atoms with E-state index in [4.69, 9.17) is 34.8 Å². The number of nitrogens with zero attached hydrogens (tertiary/aromatic N) is 2. The van der Waals surface area contributed by atoms with Crippen LogP contribution in [0.2, 0.25) is 10.0 Å². The minimum absolute atomic E-state index is 0.255. The van der Waals surface area contributed by atoms with Gasteiger partial charge in [-0.2, -0.15) is 0 Å². The zero-order valence-electron chi connectivity index (χ0n) is 9.54. The summed E-state index contributed by atoms with van der Waals surface area (Å²) in [5, 5.41) is 4.00. The SMILES string of the molecule is Clc1ccc(C(Cl)CNC2=NCCC=N2)c(Cl)c1. The second kappa shape index (κ2) is 6.41. The maximum atomic E-state index is 6.29. The van der Waals surface area contributed by atoms with Crippen LogP contribution in [0.4, 0.5) is 0 Å². The Kier molecular flexibility index (Phi) is 4.87. The van der Waals surface area contributed by atoms with Crippen molar-refractivity contribution in [2.45, 2.75) is 11.8 Å². The van der Waals surface area contributed by atoms with Crippen molar-refractivity contribution in [3.05, 3.63) is 33.8 Å². The van der Waals surface area contributed by atoms with Crippen molar-refractivity contribution in [3.63, 3.8) is 0 Å². The van der Waals surface area contributed by atoms with Gasteiger partial charge in [0.1, 0.15) is 0 Å². The lowest BCUT2D eigenvalue weighted by Gasteiger charge is -2.14. The normalized spacial score (nSPS) is 16.3. The number of benzene rings is 1. The number of nitrogens with one attached hydrogen (secondary N) is 1. The number of hydrogen-bond donors (Lipinski definition) is 1. The van der Waals surface area contributed by atoms with Gasteiger partial charge in [0.05, 0.1) is 5.38 Å². The zero-order chi connectivity index (χ0) is 13.0. The van der Waals surface area contributed by atoms with E-state index in [1.807, 2.05) is 12.3 Å². The van der Waals surface area contributed by atoms with Crippen LogP contribution in [0.15, 0.2) is 28.2 Å². The second-order valence-corrected chi connectivity index (χ2v) is 5.19. The van der Waals surface area contributed by atoms with Crippen LogP contribution in [0.3, 0.4) is 0 Å². The molecule has 0 amide bonds. The van der Waals surface area contributed by atoms with Gasteiger partial charge in [0.2, 0.25) is 5.96 Å². The Balaban J connectivity index is 1.97. The number of aliphatic imine (C=N–C) groups is 2. The summed E-state index contributed by atoms with van der Waals surface area (Å²) < 4.78 is 0. The Labute approximate surface area is 121 Å². The van der Waals surface area contributed by atoms with Crippen LogP contribution in [0.5, 0.6) is 0 Å². The lowest BCUT2D eigenvalue weighted by Crippen LogP contribution is -2.27. The van der Waals surface area contributed by atoms with Crippen molar-refractivity contribution < 1.29 is 0 Å². The third-order valence-corrected chi connectivity index (χ3v) is 3.42. The van der Waals surface area contributed by atoms with Gasteiger partial charge in [-0.05, 0) is 17.7 Å². The van der Waals surface area contributed by atoms with E-state index in [9.17, 15) is 0 Å². The summed E-state index contributed by atoms with van der Waals surface area (Å²) in [6.07, 6.45) is 2.73. The lowest BCUT2D eigenvalue weighted by molar-refractivity contribution is 0.821. The van der Waals surface area contributed by atoms with Crippen LogP contribution in [0, 0.1) is 0 Å². The Morgan fingerprint density at radius 2 is 2.17 bits per heavy atom. The third kappa shape index (κ3) is 3.61.